The highest BCUT2D eigenvalue weighted by Gasteiger charge is 2.54. The van der Waals surface area contributed by atoms with Gasteiger partial charge < -0.3 is 103 Å². The van der Waals surface area contributed by atoms with Crippen LogP contribution < -0.4 is 38.9 Å². The number of aliphatic hydroxyl groups is 7. The van der Waals surface area contributed by atoms with Gasteiger partial charge in [0, 0.05) is 38.1 Å². The minimum atomic E-state index is -2.15. The largest absolute Gasteiger partial charge is 0.394 e. The van der Waals surface area contributed by atoms with Crippen molar-refractivity contribution in [2.24, 2.45) is 28.9 Å². The molecule has 0 aromatic heterocycles. The molecular formula is C34H62FN7O14. The Kier molecular flexibility index (Phi) is 16.3. The summed E-state index contributed by atoms with van der Waals surface area (Å²) in [5.41, 5.74) is 23.1. The van der Waals surface area contributed by atoms with Crippen molar-refractivity contribution in [3.63, 3.8) is 0 Å². The van der Waals surface area contributed by atoms with Gasteiger partial charge in [-0.15, -0.1) is 0 Å². The van der Waals surface area contributed by atoms with Crippen molar-refractivity contribution < 1.29 is 73.4 Å². The van der Waals surface area contributed by atoms with Crippen LogP contribution in [0.2, 0.25) is 0 Å². The van der Waals surface area contributed by atoms with Crippen molar-refractivity contribution in [1.82, 2.24) is 16.0 Å². The highest BCUT2D eigenvalue weighted by Crippen LogP contribution is 2.35. The minimum absolute atomic E-state index is 0.152. The van der Waals surface area contributed by atoms with Gasteiger partial charge in [-0.3, -0.25) is 4.79 Å². The summed E-state index contributed by atoms with van der Waals surface area (Å²) in [7, 11) is 0. The molecule has 1 amide bonds. The molecule has 1 saturated carbocycles. The molecule has 0 bridgehead atoms. The molecule has 4 fully saturated rings. The van der Waals surface area contributed by atoms with E-state index in [2.05, 4.69) is 16.0 Å². The fourth-order valence-corrected chi connectivity index (χ4v) is 7.70. The Hall–Kier alpha value is -1.62. The number of carbonyl (C=O) groups excluding carboxylic acids is 1. The number of aliphatic hydroxyl groups excluding tert-OH is 6. The van der Waals surface area contributed by atoms with Crippen LogP contribution in [-0.2, 0) is 33.2 Å². The van der Waals surface area contributed by atoms with E-state index in [-0.39, 0.29) is 13.0 Å². The summed E-state index contributed by atoms with van der Waals surface area (Å²) >= 11 is 0. The average molecular weight is 812 g/mol. The maximum atomic E-state index is 14.1. The summed E-state index contributed by atoms with van der Waals surface area (Å²) < 4.78 is 50.4. The summed E-state index contributed by atoms with van der Waals surface area (Å²) in [6, 6.07) is -3.09. The number of piperidine rings is 1. The van der Waals surface area contributed by atoms with Gasteiger partial charge in [-0.2, -0.15) is 0 Å². The van der Waals surface area contributed by atoms with E-state index in [0.717, 1.165) is 0 Å². The lowest BCUT2D eigenvalue weighted by Gasteiger charge is -2.46. The Morgan fingerprint density at radius 1 is 0.929 bits per heavy atom. The normalized spacial score (nSPS) is 44.0. The number of hydrogen-bond acceptors (Lipinski definition) is 20. The van der Waals surface area contributed by atoms with Gasteiger partial charge in [0.05, 0.1) is 36.5 Å². The lowest BCUT2D eigenvalue weighted by atomic mass is 9.83. The van der Waals surface area contributed by atoms with E-state index in [1.165, 1.54) is 0 Å². The van der Waals surface area contributed by atoms with E-state index in [1.54, 1.807) is 19.1 Å². The van der Waals surface area contributed by atoms with E-state index in [9.17, 15) is 44.9 Å². The topological polar surface area (TPSA) is 354 Å². The Balaban J connectivity index is 1.32. The van der Waals surface area contributed by atoms with Gasteiger partial charge in [-0.05, 0) is 32.4 Å². The molecule has 0 aromatic carbocycles. The number of halogens is 1. The molecule has 0 aromatic rings. The number of rotatable bonds is 16. The lowest BCUT2D eigenvalue weighted by molar-refractivity contribution is -0.296. The second-order valence-corrected chi connectivity index (χ2v) is 15.4. The van der Waals surface area contributed by atoms with E-state index in [1.807, 2.05) is 0 Å². The van der Waals surface area contributed by atoms with E-state index in [4.69, 9.17) is 51.4 Å². The van der Waals surface area contributed by atoms with Crippen LogP contribution in [0.25, 0.3) is 0 Å². The molecule has 21 nitrogen and oxygen atoms in total. The zero-order chi connectivity index (χ0) is 40.9. The fraction of sp³-hybridized carbons (Fsp3) is 0.912. The van der Waals surface area contributed by atoms with E-state index < -0.39 is 141 Å². The van der Waals surface area contributed by atoms with Crippen LogP contribution in [0.1, 0.15) is 26.2 Å². The molecule has 3 saturated heterocycles. The first-order valence-electron chi connectivity index (χ1n) is 19.2. The first-order chi connectivity index (χ1) is 26.6. The zero-order valence-electron chi connectivity index (χ0n) is 31.4. The smallest absolute Gasteiger partial charge is 0.252 e. The van der Waals surface area contributed by atoms with Crippen LogP contribution in [-0.4, -0.2) is 203 Å². The highest BCUT2D eigenvalue weighted by atomic mass is 19.1. The Labute approximate surface area is 324 Å². The van der Waals surface area contributed by atoms with Crippen molar-refractivity contribution in [2.75, 3.05) is 45.9 Å². The molecular weight excluding hydrogens is 749 g/mol. The van der Waals surface area contributed by atoms with Gasteiger partial charge >= 0.3 is 0 Å². The van der Waals surface area contributed by atoms with E-state index in [0.29, 0.717) is 39.0 Å². The summed E-state index contributed by atoms with van der Waals surface area (Å²) in [6.07, 6.45) is -16.6. The number of nitrogens with one attached hydrogen (secondary N) is 3. The van der Waals surface area contributed by atoms with Crippen molar-refractivity contribution in [2.45, 2.75) is 142 Å². The molecule has 5 aliphatic rings. The van der Waals surface area contributed by atoms with Crippen LogP contribution in [0.15, 0.2) is 12.2 Å². The van der Waals surface area contributed by atoms with Crippen molar-refractivity contribution in [3.05, 3.63) is 12.2 Å². The Morgan fingerprint density at radius 3 is 2.25 bits per heavy atom. The van der Waals surface area contributed by atoms with E-state index >= 15 is 0 Å². The summed E-state index contributed by atoms with van der Waals surface area (Å²) in [4.78, 5) is 12.8. The molecule has 1 unspecified atom stereocenters. The molecule has 324 valence electrons. The molecule has 1 aliphatic carbocycles. The second kappa shape index (κ2) is 20.1. The minimum Gasteiger partial charge on any atom is -0.394 e. The Bertz CT molecular complexity index is 1280. The zero-order valence-corrected chi connectivity index (χ0v) is 31.4. The lowest BCUT2D eigenvalue weighted by Crippen LogP contribution is -2.67. The predicted molar refractivity (Wildman–Crippen MR) is 191 cm³/mol. The van der Waals surface area contributed by atoms with Gasteiger partial charge in [0.2, 0.25) is 0 Å². The molecule has 0 spiro atoms. The van der Waals surface area contributed by atoms with Crippen LogP contribution in [0.4, 0.5) is 4.39 Å². The second-order valence-electron chi connectivity index (χ2n) is 15.4. The molecule has 4 heterocycles. The summed E-state index contributed by atoms with van der Waals surface area (Å²) in [6.45, 7) is 2.10. The quantitative estimate of drug-likeness (QED) is 0.0644. The summed E-state index contributed by atoms with van der Waals surface area (Å²) in [5.74, 6) is -1.97. The number of alkyl halides is 1. The molecule has 5 rings (SSSR count). The standard InChI is InChI=1S/C34H62FN7O14/c1-14-22(44)25(47)20(10-37)52-31(14)55-28-21(12-43)53-33(26(28)48)56-29-24(46)19(42-30(49)23(45)16(35)9-36)8-18(39)27(29)54-32-17(38)3-2-15(51-32)11-41-13-34(50)4-6-40-7-5-34/h2-3,14-29,31-33,40-41,43-48,50H,4-13,36-39H2,1H3,(H,42,49)/t14-,15+,16+,17-,18+,19-,20+,21-,22-,23?,24+,25-,26-,27-,28-,29-,31-,32-,33+/m1/s1. The third-order valence-corrected chi connectivity index (χ3v) is 11.3. The molecule has 18 N–H and O–H groups in total. The number of nitrogens with two attached hydrogens (primary N) is 4. The maximum absolute atomic E-state index is 14.1. The third kappa shape index (κ3) is 10.6. The fourth-order valence-electron chi connectivity index (χ4n) is 7.70. The SMILES string of the molecule is C[C@H]1[C@@H](O[C@H]2[C@@H](O)[C@H](O[C@@H]3[C@@H](O)[C@H](NC(=O)C(O)[C@@H](F)CN)C[C@H](N)[C@H]3O[C@H]3O[C@H](CNCC4(O)CCNCC4)C=C[C@H]3N)O[C@@H]2CO)O[C@@H](CN)[C@@H](O)[C@@H]1O. The van der Waals surface area contributed by atoms with Gasteiger partial charge in [0.1, 0.15) is 55.0 Å². The number of carbonyl (C=O) groups is 1. The van der Waals surface area contributed by atoms with Crippen LogP contribution in [0, 0.1) is 5.92 Å². The predicted octanol–water partition coefficient (Wildman–Crippen LogP) is -7.19. The number of hydrogen-bond donors (Lipinski definition) is 14. The summed E-state index contributed by atoms with van der Waals surface area (Å²) in [5, 5.41) is 84.1. The Morgan fingerprint density at radius 2 is 1.59 bits per heavy atom. The van der Waals surface area contributed by atoms with Crippen LogP contribution >= 0.6 is 0 Å². The first kappa shape index (κ1) is 45.5. The molecule has 56 heavy (non-hydrogen) atoms. The molecule has 19 atom stereocenters. The van der Waals surface area contributed by atoms with Crippen molar-refractivity contribution >= 4 is 5.91 Å². The highest BCUT2D eigenvalue weighted by molar-refractivity contribution is 5.81. The maximum Gasteiger partial charge on any atom is 0.252 e. The molecule has 0 radical (unpaired) electrons. The van der Waals surface area contributed by atoms with Gasteiger partial charge in [-0.25, -0.2) is 4.39 Å². The number of amides is 1. The van der Waals surface area contributed by atoms with Crippen LogP contribution in [0.3, 0.4) is 0 Å². The average Bonchev–Trinajstić information content (AvgIpc) is 3.48. The van der Waals surface area contributed by atoms with Crippen molar-refractivity contribution in [1.29, 1.82) is 0 Å². The van der Waals surface area contributed by atoms with Gasteiger partial charge in [0.15, 0.2) is 25.0 Å². The third-order valence-electron chi connectivity index (χ3n) is 11.3. The molecule has 22 heteroatoms. The van der Waals surface area contributed by atoms with Crippen molar-refractivity contribution in [3.8, 4) is 0 Å². The van der Waals surface area contributed by atoms with Gasteiger partial charge in [-0.1, -0.05) is 19.1 Å². The first-order valence-corrected chi connectivity index (χ1v) is 19.2. The number of ether oxygens (including phenoxy) is 6. The van der Waals surface area contributed by atoms with Gasteiger partial charge in [0.25, 0.3) is 5.91 Å². The monoisotopic (exact) mass is 811 g/mol. The van der Waals surface area contributed by atoms with Crippen LogP contribution in [0.5, 0.6) is 0 Å². The molecule has 4 aliphatic heterocycles.